The van der Waals surface area contributed by atoms with Crippen molar-refractivity contribution in [1.82, 2.24) is 9.80 Å². The second-order valence-corrected chi connectivity index (χ2v) is 8.07. The molecular formula is C23H23ClN2O4. The molecule has 0 aromatic heterocycles. The Morgan fingerprint density at radius 3 is 2.67 bits per heavy atom. The minimum atomic E-state index is -0.127. The third kappa shape index (κ3) is 3.84. The van der Waals surface area contributed by atoms with Crippen molar-refractivity contribution >= 4 is 23.5 Å². The van der Waals surface area contributed by atoms with Crippen molar-refractivity contribution in [2.24, 2.45) is 0 Å². The van der Waals surface area contributed by atoms with Crippen molar-refractivity contribution in [3.8, 4) is 11.5 Å². The number of Topliss-reactive ketones (excluding diaryl/α,β-unsaturated/α-hetero) is 1. The minimum Gasteiger partial charge on any atom is -0.478 e. The lowest BCUT2D eigenvalue weighted by Crippen LogP contribution is -2.43. The monoisotopic (exact) mass is 426 g/mol. The van der Waals surface area contributed by atoms with Gasteiger partial charge in [-0.1, -0.05) is 29.8 Å². The van der Waals surface area contributed by atoms with Gasteiger partial charge in [0.05, 0.1) is 24.3 Å². The van der Waals surface area contributed by atoms with Gasteiger partial charge in [0, 0.05) is 37.7 Å². The van der Waals surface area contributed by atoms with Crippen LogP contribution >= 0.6 is 11.6 Å². The molecule has 0 spiro atoms. The molecule has 0 amide bonds. The number of morpholine rings is 1. The van der Waals surface area contributed by atoms with Gasteiger partial charge >= 0.3 is 0 Å². The number of hydrogen-bond acceptors (Lipinski definition) is 6. The average Bonchev–Trinajstić information content (AvgIpc) is 3.10. The van der Waals surface area contributed by atoms with Gasteiger partial charge < -0.3 is 14.2 Å². The number of halogens is 1. The van der Waals surface area contributed by atoms with Gasteiger partial charge in [0.1, 0.15) is 18.2 Å². The first kappa shape index (κ1) is 19.6. The third-order valence-corrected chi connectivity index (χ3v) is 6.05. The van der Waals surface area contributed by atoms with Gasteiger partial charge in [0.25, 0.3) is 0 Å². The second kappa shape index (κ2) is 8.40. The first-order valence-electron chi connectivity index (χ1n) is 10.2. The molecule has 3 aliphatic rings. The highest BCUT2D eigenvalue weighted by atomic mass is 35.5. The smallest absolute Gasteiger partial charge is 0.231 e. The van der Waals surface area contributed by atoms with E-state index in [0.717, 1.165) is 56.3 Å². The molecule has 5 rings (SSSR count). The van der Waals surface area contributed by atoms with Crippen LogP contribution in [0.2, 0.25) is 5.02 Å². The molecule has 3 aliphatic heterocycles. The van der Waals surface area contributed by atoms with E-state index < -0.39 is 0 Å². The number of benzene rings is 2. The lowest BCUT2D eigenvalue weighted by atomic mass is 10.0. The largest absolute Gasteiger partial charge is 0.478 e. The molecule has 0 unspecified atom stereocenters. The highest BCUT2D eigenvalue weighted by Crippen LogP contribution is 2.42. The van der Waals surface area contributed by atoms with Crippen LogP contribution in [0.15, 0.2) is 42.2 Å². The molecule has 0 N–H and O–H groups in total. The summed E-state index contributed by atoms with van der Waals surface area (Å²) >= 11 is 6.25. The van der Waals surface area contributed by atoms with Gasteiger partial charge in [-0.3, -0.25) is 14.6 Å². The van der Waals surface area contributed by atoms with Crippen molar-refractivity contribution in [3.63, 3.8) is 0 Å². The Morgan fingerprint density at radius 2 is 1.83 bits per heavy atom. The van der Waals surface area contributed by atoms with E-state index in [1.807, 2.05) is 24.3 Å². The molecule has 30 heavy (non-hydrogen) atoms. The molecule has 2 aromatic carbocycles. The highest BCUT2D eigenvalue weighted by Gasteiger charge is 2.33. The molecular weight excluding hydrogens is 404 g/mol. The van der Waals surface area contributed by atoms with E-state index in [0.29, 0.717) is 29.6 Å². The number of hydrogen-bond donors (Lipinski definition) is 0. The Labute approximate surface area is 180 Å². The Morgan fingerprint density at radius 1 is 1.03 bits per heavy atom. The summed E-state index contributed by atoms with van der Waals surface area (Å²) in [6.07, 6.45) is 1.71. The van der Waals surface area contributed by atoms with Gasteiger partial charge in [-0.25, -0.2) is 0 Å². The summed E-state index contributed by atoms with van der Waals surface area (Å²) in [5.74, 6) is 1.55. The van der Waals surface area contributed by atoms with E-state index in [4.69, 9.17) is 25.8 Å². The number of nitrogens with zero attached hydrogens (tertiary/aromatic N) is 2. The summed E-state index contributed by atoms with van der Waals surface area (Å²) in [4.78, 5) is 17.5. The summed E-state index contributed by atoms with van der Waals surface area (Å²) in [7, 11) is 0. The first-order chi connectivity index (χ1) is 14.7. The molecule has 3 heterocycles. The van der Waals surface area contributed by atoms with E-state index >= 15 is 0 Å². The lowest BCUT2D eigenvalue weighted by molar-refractivity contribution is 0.0239. The van der Waals surface area contributed by atoms with Crippen molar-refractivity contribution < 1.29 is 19.0 Å². The first-order valence-corrected chi connectivity index (χ1v) is 10.6. The number of carbonyl (C=O) groups excluding carboxylic acids is 1. The Hall–Kier alpha value is -2.38. The van der Waals surface area contributed by atoms with Crippen LogP contribution in [0.5, 0.6) is 11.5 Å². The van der Waals surface area contributed by atoms with Gasteiger partial charge in [0.2, 0.25) is 5.78 Å². The van der Waals surface area contributed by atoms with Crippen LogP contribution in [0.3, 0.4) is 0 Å². The van der Waals surface area contributed by atoms with Gasteiger partial charge in [0.15, 0.2) is 5.76 Å². The summed E-state index contributed by atoms with van der Waals surface area (Å²) in [6.45, 7) is 6.60. The number of carbonyl (C=O) groups is 1. The molecule has 0 saturated carbocycles. The van der Waals surface area contributed by atoms with E-state index in [-0.39, 0.29) is 11.5 Å². The molecule has 1 fully saturated rings. The SMILES string of the molecule is O=C1C(=Cc2ccccc2Cl)Oc2c1ccc1c2CN(CCN2CCOCC2)CO1. The standard InChI is InChI=1S/C23H23ClN2O4/c24-19-4-2-1-3-16(19)13-21-22(27)17-5-6-20-18(23(17)30-21)14-26(15-29-20)8-7-25-9-11-28-12-10-25/h1-6,13H,7-12,14-15H2. The number of ketones is 1. The third-order valence-electron chi connectivity index (χ3n) is 5.71. The number of allylic oxidation sites excluding steroid dienone is 1. The zero-order valence-electron chi connectivity index (χ0n) is 16.6. The minimum absolute atomic E-state index is 0.127. The molecule has 0 radical (unpaired) electrons. The fourth-order valence-electron chi connectivity index (χ4n) is 3.99. The van der Waals surface area contributed by atoms with E-state index in [9.17, 15) is 4.79 Å². The van der Waals surface area contributed by atoms with E-state index in [1.54, 1.807) is 18.2 Å². The number of rotatable bonds is 4. The van der Waals surface area contributed by atoms with Crippen LogP contribution < -0.4 is 9.47 Å². The summed E-state index contributed by atoms with van der Waals surface area (Å²) < 4.78 is 17.4. The highest BCUT2D eigenvalue weighted by molar-refractivity contribution is 6.32. The normalized spacial score (nSPS) is 20.6. The quantitative estimate of drug-likeness (QED) is 0.698. The van der Waals surface area contributed by atoms with Crippen LogP contribution in [0.1, 0.15) is 21.5 Å². The predicted octanol–water partition coefficient (Wildman–Crippen LogP) is 3.44. The van der Waals surface area contributed by atoms with Crippen molar-refractivity contribution in [2.45, 2.75) is 6.54 Å². The van der Waals surface area contributed by atoms with Crippen LogP contribution in [-0.2, 0) is 11.3 Å². The van der Waals surface area contributed by atoms with E-state index in [2.05, 4.69) is 9.80 Å². The van der Waals surface area contributed by atoms with Gasteiger partial charge in [-0.05, 0) is 29.8 Å². The van der Waals surface area contributed by atoms with E-state index in [1.165, 1.54) is 0 Å². The summed E-state index contributed by atoms with van der Waals surface area (Å²) in [5.41, 5.74) is 2.26. The Balaban J connectivity index is 1.35. The second-order valence-electron chi connectivity index (χ2n) is 7.66. The van der Waals surface area contributed by atoms with Crippen LogP contribution in [0, 0.1) is 0 Å². The van der Waals surface area contributed by atoms with Crippen LogP contribution in [0.4, 0.5) is 0 Å². The van der Waals surface area contributed by atoms with Gasteiger partial charge in [-0.2, -0.15) is 0 Å². The maximum atomic E-state index is 12.9. The fraction of sp³-hybridized carbons (Fsp3) is 0.348. The lowest BCUT2D eigenvalue weighted by Gasteiger charge is -2.33. The molecule has 0 aliphatic carbocycles. The van der Waals surface area contributed by atoms with Crippen molar-refractivity contribution in [1.29, 1.82) is 0 Å². The zero-order valence-corrected chi connectivity index (χ0v) is 17.4. The maximum Gasteiger partial charge on any atom is 0.231 e. The molecule has 0 bridgehead atoms. The fourth-order valence-corrected chi connectivity index (χ4v) is 4.18. The number of ether oxygens (including phenoxy) is 3. The Kier molecular flexibility index (Phi) is 5.48. The zero-order chi connectivity index (χ0) is 20.5. The predicted molar refractivity (Wildman–Crippen MR) is 114 cm³/mol. The van der Waals surface area contributed by atoms with Gasteiger partial charge in [-0.15, -0.1) is 0 Å². The van der Waals surface area contributed by atoms with Crippen molar-refractivity contribution in [2.75, 3.05) is 46.1 Å². The van der Waals surface area contributed by atoms with Crippen LogP contribution in [-0.4, -0.2) is 61.7 Å². The molecule has 0 atom stereocenters. The number of fused-ring (bicyclic) bond motifs is 3. The maximum absolute atomic E-state index is 12.9. The topological polar surface area (TPSA) is 51.2 Å². The van der Waals surface area contributed by atoms with Crippen molar-refractivity contribution in [3.05, 3.63) is 63.9 Å². The molecule has 1 saturated heterocycles. The molecule has 6 nitrogen and oxygen atoms in total. The molecule has 2 aromatic rings. The summed E-state index contributed by atoms with van der Waals surface area (Å²) in [6, 6.07) is 11.0. The average molecular weight is 427 g/mol. The van der Waals surface area contributed by atoms with Crippen LogP contribution in [0.25, 0.3) is 6.08 Å². The molecule has 156 valence electrons. The molecule has 7 heteroatoms. The Bertz CT molecular complexity index is 1000. The summed E-state index contributed by atoms with van der Waals surface area (Å²) in [5, 5.41) is 0.581.